The minimum absolute atomic E-state index is 0.159. The van der Waals surface area contributed by atoms with Gasteiger partial charge >= 0.3 is 0 Å². The predicted molar refractivity (Wildman–Crippen MR) is 46.0 cm³/mol. The number of carbonyl (C=O) groups excluding carboxylic acids is 1. The van der Waals surface area contributed by atoms with Crippen molar-refractivity contribution in [2.24, 2.45) is 0 Å². The zero-order valence-electron chi connectivity index (χ0n) is 6.95. The fourth-order valence-corrected chi connectivity index (χ4v) is 1.53. The van der Waals surface area contributed by atoms with Crippen LogP contribution in [0.25, 0.3) is 0 Å². The second-order valence-electron chi connectivity index (χ2n) is 2.78. The number of amides is 1. The molecule has 0 fully saturated rings. The number of hydrogen-bond donors (Lipinski definition) is 0. The van der Waals surface area contributed by atoms with Crippen molar-refractivity contribution < 1.29 is 4.79 Å². The molecule has 1 aromatic heterocycles. The van der Waals surface area contributed by atoms with Crippen LogP contribution in [0, 0.1) is 0 Å². The Balaban J connectivity index is 2.47. The second kappa shape index (κ2) is 2.59. The fourth-order valence-electron chi connectivity index (χ4n) is 1.53. The summed E-state index contributed by atoms with van der Waals surface area (Å²) in [6.45, 7) is 2.71. The Bertz CT molecular complexity index is 322. The zero-order valence-corrected chi connectivity index (χ0v) is 6.95. The average Bonchev–Trinajstić information content (AvgIpc) is 2.40. The van der Waals surface area contributed by atoms with Crippen molar-refractivity contribution in [3.05, 3.63) is 24.0 Å². The summed E-state index contributed by atoms with van der Waals surface area (Å²) >= 11 is 0. The van der Waals surface area contributed by atoms with Gasteiger partial charge in [-0.2, -0.15) is 0 Å². The summed E-state index contributed by atoms with van der Waals surface area (Å²) in [6.07, 6.45) is 2.19. The number of nitrogens with zero attached hydrogens (tertiary/aromatic N) is 2. The van der Waals surface area contributed by atoms with E-state index in [2.05, 4.69) is 4.98 Å². The molecule has 1 aliphatic heterocycles. The summed E-state index contributed by atoms with van der Waals surface area (Å²) in [5.41, 5.74) is 1.88. The van der Waals surface area contributed by atoms with E-state index in [-0.39, 0.29) is 5.91 Å². The third-order valence-electron chi connectivity index (χ3n) is 2.09. The van der Waals surface area contributed by atoms with E-state index < -0.39 is 0 Å². The van der Waals surface area contributed by atoms with E-state index in [1.807, 2.05) is 19.1 Å². The van der Waals surface area contributed by atoms with Crippen molar-refractivity contribution in [2.75, 3.05) is 11.4 Å². The lowest BCUT2D eigenvalue weighted by Crippen LogP contribution is -2.25. The van der Waals surface area contributed by atoms with Gasteiger partial charge in [0.1, 0.15) is 0 Å². The molecule has 0 spiro atoms. The molecule has 3 nitrogen and oxygen atoms in total. The number of rotatable bonds is 1. The minimum atomic E-state index is 0.159. The number of aromatic nitrogens is 1. The molecule has 0 bridgehead atoms. The molecular weight excluding hydrogens is 152 g/mol. The van der Waals surface area contributed by atoms with Crippen LogP contribution in [-0.2, 0) is 11.2 Å². The summed E-state index contributed by atoms with van der Waals surface area (Å²) in [7, 11) is 0. The van der Waals surface area contributed by atoms with Crippen molar-refractivity contribution in [2.45, 2.75) is 13.3 Å². The highest BCUT2D eigenvalue weighted by atomic mass is 16.2. The number of likely N-dealkylation sites (N-methyl/N-ethyl adjacent to an activating group) is 1. The van der Waals surface area contributed by atoms with E-state index in [1.165, 1.54) is 0 Å². The Labute approximate surface area is 71.0 Å². The largest absolute Gasteiger partial charge is 0.311 e. The van der Waals surface area contributed by atoms with Gasteiger partial charge in [-0.25, -0.2) is 0 Å². The van der Waals surface area contributed by atoms with Crippen LogP contribution < -0.4 is 4.90 Å². The maximum absolute atomic E-state index is 11.3. The Morgan fingerprint density at radius 3 is 3.25 bits per heavy atom. The van der Waals surface area contributed by atoms with Crippen molar-refractivity contribution in [1.82, 2.24) is 4.98 Å². The van der Waals surface area contributed by atoms with Gasteiger partial charge in [0.25, 0.3) is 0 Å². The Hall–Kier alpha value is -1.38. The summed E-state index contributed by atoms with van der Waals surface area (Å²) in [5.74, 6) is 0.159. The third kappa shape index (κ3) is 0.897. The van der Waals surface area contributed by atoms with Crippen LogP contribution in [0.1, 0.15) is 12.6 Å². The molecule has 0 unspecified atom stereocenters. The molecule has 0 aliphatic carbocycles. The quantitative estimate of drug-likeness (QED) is 0.617. The Morgan fingerprint density at radius 1 is 1.67 bits per heavy atom. The van der Waals surface area contributed by atoms with Crippen molar-refractivity contribution in [3.8, 4) is 0 Å². The molecule has 0 N–H and O–H groups in total. The van der Waals surface area contributed by atoms with Crippen LogP contribution in [0.2, 0.25) is 0 Å². The number of pyridine rings is 1. The van der Waals surface area contributed by atoms with Gasteiger partial charge < -0.3 is 4.90 Å². The normalized spacial score (nSPS) is 15.1. The van der Waals surface area contributed by atoms with E-state index in [9.17, 15) is 4.79 Å². The van der Waals surface area contributed by atoms with E-state index in [0.29, 0.717) is 6.42 Å². The lowest BCUT2D eigenvalue weighted by atomic mass is 10.3. The molecule has 1 amide bonds. The molecule has 1 aliphatic rings. The third-order valence-corrected chi connectivity index (χ3v) is 2.09. The van der Waals surface area contributed by atoms with Crippen molar-refractivity contribution in [3.63, 3.8) is 0 Å². The van der Waals surface area contributed by atoms with Gasteiger partial charge in [0.15, 0.2) is 0 Å². The molecule has 0 atom stereocenters. The van der Waals surface area contributed by atoms with Crippen LogP contribution in [0.4, 0.5) is 5.69 Å². The molecule has 2 heterocycles. The van der Waals surface area contributed by atoms with Crippen LogP contribution in [0.5, 0.6) is 0 Å². The van der Waals surface area contributed by atoms with Crippen molar-refractivity contribution >= 4 is 11.6 Å². The van der Waals surface area contributed by atoms with Gasteiger partial charge in [-0.15, -0.1) is 0 Å². The van der Waals surface area contributed by atoms with Gasteiger partial charge in [-0.1, -0.05) is 0 Å². The van der Waals surface area contributed by atoms with Gasteiger partial charge in [-0.05, 0) is 19.1 Å². The Kier molecular flexibility index (Phi) is 1.57. The maximum atomic E-state index is 11.3. The molecule has 0 saturated carbocycles. The van der Waals surface area contributed by atoms with E-state index >= 15 is 0 Å². The molecule has 1 aromatic rings. The minimum Gasteiger partial charge on any atom is -0.311 e. The van der Waals surface area contributed by atoms with Crippen molar-refractivity contribution in [1.29, 1.82) is 0 Å². The van der Waals surface area contributed by atoms with E-state index in [4.69, 9.17) is 0 Å². The number of fused-ring (bicyclic) bond motifs is 1. The molecular formula is C9H10N2O. The number of carbonyl (C=O) groups is 1. The van der Waals surface area contributed by atoms with Crippen LogP contribution in [0.15, 0.2) is 18.3 Å². The summed E-state index contributed by atoms with van der Waals surface area (Å²) < 4.78 is 0. The van der Waals surface area contributed by atoms with Gasteiger partial charge in [0, 0.05) is 12.7 Å². The lowest BCUT2D eigenvalue weighted by Gasteiger charge is -2.13. The molecule has 0 aromatic carbocycles. The second-order valence-corrected chi connectivity index (χ2v) is 2.78. The SMILES string of the molecule is CCN1C(=O)Cc2ncccc21. The highest BCUT2D eigenvalue weighted by Gasteiger charge is 2.25. The van der Waals surface area contributed by atoms with Gasteiger partial charge in [0.2, 0.25) is 5.91 Å². The predicted octanol–water partition coefficient (Wildman–Crippen LogP) is 0.991. The monoisotopic (exact) mass is 162 g/mol. The maximum Gasteiger partial charge on any atom is 0.233 e. The highest BCUT2D eigenvalue weighted by Crippen LogP contribution is 2.25. The van der Waals surface area contributed by atoms with Gasteiger partial charge in [0.05, 0.1) is 17.8 Å². The first-order valence-corrected chi connectivity index (χ1v) is 4.07. The van der Waals surface area contributed by atoms with Gasteiger partial charge in [-0.3, -0.25) is 9.78 Å². The van der Waals surface area contributed by atoms with Crippen LogP contribution in [-0.4, -0.2) is 17.4 Å². The smallest absolute Gasteiger partial charge is 0.233 e. The molecule has 62 valence electrons. The number of hydrogen-bond acceptors (Lipinski definition) is 2. The number of anilines is 1. The van der Waals surface area contributed by atoms with E-state index in [1.54, 1.807) is 11.1 Å². The van der Waals surface area contributed by atoms with Crippen LogP contribution >= 0.6 is 0 Å². The topological polar surface area (TPSA) is 33.2 Å². The first kappa shape index (κ1) is 7.28. The molecule has 0 radical (unpaired) electrons. The molecule has 0 saturated heterocycles. The van der Waals surface area contributed by atoms with E-state index in [0.717, 1.165) is 17.9 Å². The Morgan fingerprint density at radius 2 is 2.50 bits per heavy atom. The fraction of sp³-hybridized carbons (Fsp3) is 0.333. The lowest BCUT2D eigenvalue weighted by molar-refractivity contribution is -0.117. The first-order valence-electron chi connectivity index (χ1n) is 4.07. The highest BCUT2D eigenvalue weighted by molar-refractivity contribution is 6.00. The summed E-state index contributed by atoms with van der Waals surface area (Å²) in [6, 6.07) is 3.80. The van der Waals surface area contributed by atoms with Crippen LogP contribution in [0.3, 0.4) is 0 Å². The molecule has 2 rings (SSSR count). The molecule has 12 heavy (non-hydrogen) atoms. The summed E-state index contributed by atoms with van der Waals surface area (Å²) in [4.78, 5) is 17.3. The first-order chi connectivity index (χ1) is 5.83. The average molecular weight is 162 g/mol. The summed E-state index contributed by atoms with van der Waals surface area (Å²) in [5, 5.41) is 0. The molecule has 3 heteroatoms. The zero-order chi connectivity index (χ0) is 8.55. The standard InChI is InChI=1S/C9H10N2O/c1-2-11-8-4-3-5-10-7(8)6-9(11)12/h3-5H,2,6H2,1H3.